The maximum atomic E-state index is 12.4. The lowest BCUT2D eigenvalue weighted by molar-refractivity contribution is -0.130. The maximum absolute atomic E-state index is 12.4. The van der Waals surface area contributed by atoms with E-state index in [1.165, 1.54) is 11.1 Å². The van der Waals surface area contributed by atoms with Crippen molar-refractivity contribution in [3.8, 4) is 0 Å². The predicted octanol–water partition coefficient (Wildman–Crippen LogP) is 2.57. The highest BCUT2D eigenvalue weighted by Gasteiger charge is 2.35. The number of nitrogens with one attached hydrogen (secondary N) is 1. The Kier molecular flexibility index (Phi) is 4.03. The second-order valence-electron chi connectivity index (χ2n) is 5.90. The number of rotatable bonds is 3. The summed E-state index contributed by atoms with van der Waals surface area (Å²) in [5, 5.41) is 3.60. The van der Waals surface area contributed by atoms with Crippen LogP contribution in [0.5, 0.6) is 0 Å². The zero-order valence-corrected chi connectivity index (χ0v) is 13.0. The number of likely N-dealkylation sites (tertiary alicyclic amines) is 1. The summed E-state index contributed by atoms with van der Waals surface area (Å²) in [4.78, 5) is 14.4. The summed E-state index contributed by atoms with van der Waals surface area (Å²) in [6.07, 6.45) is 0.931. The molecule has 20 heavy (non-hydrogen) atoms. The molecule has 1 amide bonds. The van der Waals surface area contributed by atoms with Crippen molar-refractivity contribution in [2.45, 2.75) is 44.1 Å². The first-order chi connectivity index (χ1) is 9.66. The van der Waals surface area contributed by atoms with Gasteiger partial charge in [0, 0.05) is 30.1 Å². The molecule has 0 aliphatic carbocycles. The second kappa shape index (κ2) is 5.78. The molecule has 4 heteroatoms. The molecule has 1 aromatic rings. The van der Waals surface area contributed by atoms with Gasteiger partial charge in [0.2, 0.25) is 5.91 Å². The van der Waals surface area contributed by atoms with Crippen molar-refractivity contribution < 1.29 is 4.79 Å². The molecule has 0 bridgehead atoms. The third-order valence-corrected chi connectivity index (χ3v) is 5.32. The molecule has 1 saturated heterocycles. The first-order valence-electron chi connectivity index (χ1n) is 7.39. The quantitative estimate of drug-likeness (QED) is 0.928. The predicted molar refractivity (Wildman–Crippen MR) is 83.7 cm³/mol. The van der Waals surface area contributed by atoms with Crippen molar-refractivity contribution in [2.75, 3.05) is 12.3 Å². The molecule has 0 saturated carbocycles. The van der Waals surface area contributed by atoms with Gasteiger partial charge in [0.05, 0.1) is 6.04 Å². The smallest absolute Gasteiger partial charge is 0.240 e. The highest BCUT2D eigenvalue weighted by molar-refractivity contribution is 7.98. The summed E-state index contributed by atoms with van der Waals surface area (Å²) in [7, 11) is 0. The minimum Gasteiger partial charge on any atom is -0.339 e. The van der Waals surface area contributed by atoms with Crippen molar-refractivity contribution in [2.24, 2.45) is 0 Å². The van der Waals surface area contributed by atoms with Crippen molar-refractivity contribution in [1.29, 1.82) is 0 Å². The summed E-state index contributed by atoms with van der Waals surface area (Å²) in [6, 6.07) is 9.21. The Hall–Kier alpha value is -1.00. The lowest BCUT2D eigenvalue weighted by Gasteiger charge is -2.28. The molecular formula is C16H22N2OS. The number of carbonyl (C=O) groups is 1. The van der Waals surface area contributed by atoms with E-state index in [4.69, 9.17) is 0 Å². The first kappa shape index (κ1) is 14.0. The fourth-order valence-electron chi connectivity index (χ4n) is 3.13. The molecule has 0 unspecified atom stereocenters. The van der Waals surface area contributed by atoms with Crippen LogP contribution in [-0.4, -0.2) is 35.2 Å². The van der Waals surface area contributed by atoms with E-state index in [-0.39, 0.29) is 11.9 Å². The van der Waals surface area contributed by atoms with E-state index in [1.807, 2.05) is 16.7 Å². The average Bonchev–Trinajstić information content (AvgIpc) is 2.81. The molecule has 0 spiro atoms. The van der Waals surface area contributed by atoms with Gasteiger partial charge in [-0.3, -0.25) is 10.1 Å². The highest BCUT2D eigenvalue weighted by Crippen LogP contribution is 2.32. The normalized spacial score (nSPS) is 26.1. The topological polar surface area (TPSA) is 32.3 Å². The van der Waals surface area contributed by atoms with E-state index in [0.29, 0.717) is 12.1 Å². The number of amides is 1. The number of hydrogen-bond donors (Lipinski definition) is 1. The van der Waals surface area contributed by atoms with Crippen LogP contribution in [0.25, 0.3) is 0 Å². The number of fused-ring (bicyclic) bond motifs is 1. The SMILES string of the molecule is CC(C)N1CC[C@@H](N[C@H]2CSCc3ccccc32)C1=O. The van der Waals surface area contributed by atoms with Gasteiger partial charge >= 0.3 is 0 Å². The summed E-state index contributed by atoms with van der Waals surface area (Å²) in [6.45, 7) is 5.06. The van der Waals surface area contributed by atoms with Crippen LogP contribution in [0.1, 0.15) is 37.4 Å². The van der Waals surface area contributed by atoms with Crippen molar-refractivity contribution in [3.05, 3.63) is 35.4 Å². The second-order valence-corrected chi connectivity index (χ2v) is 6.93. The third kappa shape index (κ3) is 2.59. The summed E-state index contributed by atoms with van der Waals surface area (Å²) >= 11 is 1.95. The number of thioether (sulfide) groups is 1. The van der Waals surface area contributed by atoms with Crippen LogP contribution >= 0.6 is 11.8 Å². The van der Waals surface area contributed by atoms with Crippen LogP contribution in [0.4, 0.5) is 0 Å². The summed E-state index contributed by atoms with van der Waals surface area (Å²) in [5.74, 6) is 2.42. The lowest BCUT2D eigenvalue weighted by atomic mass is 10.0. The molecule has 3 nitrogen and oxygen atoms in total. The maximum Gasteiger partial charge on any atom is 0.240 e. The van der Waals surface area contributed by atoms with E-state index >= 15 is 0 Å². The molecular weight excluding hydrogens is 268 g/mol. The Morgan fingerprint density at radius 3 is 2.85 bits per heavy atom. The molecule has 0 aromatic heterocycles. The largest absolute Gasteiger partial charge is 0.339 e. The van der Waals surface area contributed by atoms with Crippen LogP contribution in [0.15, 0.2) is 24.3 Å². The molecule has 108 valence electrons. The van der Waals surface area contributed by atoms with E-state index in [0.717, 1.165) is 24.5 Å². The Morgan fingerprint density at radius 2 is 2.10 bits per heavy atom. The molecule has 2 aliphatic heterocycles. The molecule has 1 aromatic carbocycles. The summed E-state index contributed by atoms with van der Waals surface area (Å²) < 4.78 is 0. The van der Waals surface area contributed by atoms with Crippen LogP contribution in [0, 0.1) is 0 Å². The van der Waals surface area contributed by atoms with Crippen LogP contribution in [0.2, 0.25) is 0 Å². The van der Waals surface area contributed by atoms with E-state index < -0.39 is 0 Å². The summed E-state index contributed by atoms with van der Waals surface area (Å²) in [5.41, 5.74) is 2.79. The third-order valence-electron chi connectivity index (χ3n) is 4.24. The molecule has 1 N–H and O–H groups in total. The van der Waals surface area contributed by atoms with E-state index in [2.05, 4.69) is 43.4 Å². The zero-order valence-electron chi connectivity index (χ0n) is 12.1. The number of benzene rings is 1. The lowest BCUT2D eigenvalue weighted by Crippen LogP contribution is -2.43. The number of hydrogen-bond acceptors (Lipinski definition) is 3. The van der Waals surface area contributed by atoms with Crippen molar-refractivity contribution in [3.63, 3.8) is 0 Å². The van der Waals surface area contributed by atoms with Gasteiger partial charge in [0.15, 0.2) is 0 Å². The molecule has 2 atom stereocenters. The van der Waals surface area contributed by atoms with Gasteiger partial charge in [0.25, 0.3) is 0 Å². The van der Waals surface area contributed by atoms with Crippen molar-refractivity contribution >= 4 is 17.7 Å². The highest BCUT2D eigenvalue weighted by atomic mass is 32.2. The van der Waals surface area contributed by atoms with Gasteiger partial charge in [-0.1, -0.05) is 24.3 Å². The Balaban J connectivity index is 1.72. The molecule has 0 radical (unpaired) electrons. The van der Waals surface area contributed by atoms with Crippen LogP contribution in [-0.2, 0) is 10.5 Å². The zero-order chi connectivity index (χ0) is 14.1. The number of nitrogens with zero attached hydrogens (tertiary/aromatic N) is 1. The van der Waals surface area contributed by atoms with Crippen LogP contribution < -0.4 is 5.32 Å². The molecule has 3 rings (SSSR count). The van der Waals surface area contributed by atoms with E-state index in [9.17, 15) is 4.79 Å². The number of carbonyl (C=O) groups excluding carboxylic acids is 1. The van der Waals surface area contributed by atoms with Crippen LogP contribution in [0.3, 0.4) is 0 Å². The molecule has 2 heterocycles. The standard InChI is InChI=1S/C16H22N2OS/c1-11(2)18-8-7-14(16(18)19)17-15-10-20-9-12-5-3-4-6-13(12)15/h3-6,11,14-15,17H,7-10H2,1-2H3/t14-,15+/m1/s1. The Labute approximate surface area is 125 Å². The van der Waals surface area contributed by atoms with Gasteiger partial charge in [-0.2, -0.15) is 11.8 Å². The Morgan fingerprint density at radius 1 is 1.30 bits per heavy atom. The first-order valence-corrected chi connectivity index (χ1v) is 8.54. The fraction of sp³-hybridized carbons (Fsp3) is 0.562. The van der Waals surface area contributed by atoms with Gasteiger partial charge in [-0.05, 0) is 31.4 Å². The van der Waals surface area contributed by atoms with Gasteiger partial charge < -0.3 is 4.90 Å². The van der Waals surface area contributed by atoms with Gasteiger partial charge in [-0.15, -0.1) is 0 Å². The van der Waals surface area contributed by atoms with Crippen molar-refractivity contribution in [1.82, 2.24) is 10.2 Å². The molecule has 1 fully saturated rings. The van der Waals surface area contributed by atoms with Gasteiger partial charge in [-0.25, -0.2) is 0 Å². The Bertz CT molecular complexity index is 503. The fourth-order valence-corrected chi connectivity index (χ4v) is 4.24. The van der Waals surface area contributed by atoms with E-state index in [1.54, 1.807) is 0 Å². The monoisotopic (exact) mass is 290 g/mol. The average molecular weight is 290 g/mol. The van der Waals surface area contributed by atoms with Gasteiger partial charge in [0.1, 0.15) is 0 Å². The molecule has 2 aliphatic rings. The minimum atomic E-state index is -0.00541. The minimum absolute atomic E-state index is 0.00541.